The Hall–Kier alpha value is -2.37. The molecule has 10 nitrogen and oxygen atoms in total. The summed E-state index contributed by atoms with van der Waals surface area (Å²) in [6.45, 7) is 4.02. The lowest BCUT2D eigenvalue weighted by Crippen LogP contribution is -2.58. The van der Waals surface area contributed by atoms with Gasteiger partial charge in [-0.1, -0.05) is 13.8 Å². The Morgan fingerprint density at radius 3 is 2.29 bits per heavy atom. The Morgan fingerprint density at radius 2 is 1.82 bits per heavy atom. The highest BCUT2D eigenvalue weighted by molar-refractivity contribution is 8.04. The number of carbonyl (C=O) groups is 2. The molecule has 1 aromatic carbocycles. The standard InChI is InChI=1S/C17H22N4O6S/c1-11(2)14-15(22)19-17(18-14)7-9-20(10-8-17)28(26,27)16(23)12-3-5-13(6-4-12)21(24)25/h3-6,11,14,18H,7-10H2,1-2H3,(H,19,22). The number of nitro groups is 1. The first-order valence-electron chi connectivity index (χ1n) is 8.94. The van der Waals surface area contributed by atoms with Gasteiger partial charge in [-0.3, -0.25) is 25.0 Å². The van der Waals surface area contributed by atoms with Crippen LogP contribution in [0.4, 0.5) is 5.69 Å². The summed E-state index contributed by atoms with van der Waals surface area (Å²) in [5, 5.41) is 15.8. The lowest BCUT2D eigenvalue weighted by molar-refractivity contribution is -0.384. The second kappa shape index (κ2) is 7.22. The second-order valence-corrected chi connectivity index (χ2v) is 9.27. The SMILES string of the molecule is CC(C)C1NC2(CCN(S(=O)(=O)C(=O)c3ccc([N+](=O)[O-])cc3)CC2)NC1=O. The third kappa shape index (κ3) is 3.64. The minimum absolute atomic E-state index is 0.0825. The average Bonchev–Trinajstić information content (AvgIpc) is 2.97. The highest BCUT2D eigenvalue weighted by Gasteiger charge is 2.48. The van der Waals surface area contributed by atoms with E-state index in [0.717, 1.165) is 28.6 Å². The molecule has 0 saturated carbocycles. The van der Waals surface area contributed by atoms with Crippen LogP contribution in [0.25, 0.3) is 0 Å². The molecule has 2 saturated heterocycles. The lowest BCUT2D eigenvalue weighted by Gasteiger charge is -2.38. The molecule has 0 aromatic heterocycles. The molecular formula is C17H22N4O6S. The maximum absolute atomic E-state index is 12.7. The molecule has 11 heteroatoms. The van der Waals surface area contributed by atoms with Gasteiger partial charge in [0.1, 0.15) is 0 Å². The molecule has 0 radical (unpaired) electrons. The first-order valence-corrected chi connectivity index (χ1v) is 10.4. The molecule has 0 bridgehead atoms. The van der Waals surface area contributed by atoms with Crippen LogP contribution in [0.15, 0.2) is 24.3 Å². The van der Waals surface area contributed by atoms with Crippen molar-refractivity contribution < 1.29 is 22.9 Å². The van der Waals surface area contributed by atoms with E-state index in [0.29, 0.717) is 12.8 Å². The van der Waals surface area contributed by atoms with E-state index in [9.17, 15) is 28.1 Å². The van der Waals surface area contributed by atoms with E-state index < -0.39 is 25.7 Å². The number of benzene rings is 1. The summed E-state index contributed by atoms with van der Waals surface area (Å²) in [5.74, 6) is -0.00174. The molecule has 2 fully saturated rings. The number of rotatable bonds is 4. The largest absolute Gasteiger partial charge is 0.337 e. The fourth-order valence-electron chi connectivity index (χ4n) is 3.55. The van der Waals surface area contributed by atoms with Crippen LogP contribution < -0.4 is 10.6 Å². The van der Waals surface area contributed by atoms with E-state index in [1.165, 1.54) is 0 Å². The summed E-state index contributed by atoms with van der Waals surface area (Å²) < 4.78 is 26.5. The predicted molar refractivity (Wildman–Crippen MR) is 99.8 cm³/mol. The van der Waals surface area contributed by atoms with Crippen LogP contribution in [-0.4, -0.2) is 53.5 Å². The average molecular weight is 410 g/mol. The molecule has 152 valence electrons. The predicted octanol–water partition coefficient (Wildman–Crippen LogP) is 0.601. The molecule has 2 heterocycles. The van der Waals surface area contributed by atoms with Gasteiger partial charge in [-0.2, -0.15) is 4.31 Å². The third-order valence-electron chi connectivity index (χ3n) is 5.21. The van der Waals surface area contributed by atoms with Gasteiger partial charge in [0.25, 0.3) is 20.8 Å². The molecule has 2 aliphatic rings. The van der Waals surface area contributed by atoms with Crippen molar-refractivity contribution in [2.24, 2.45) is 5.92 Å². The fraction of sp³-hybridized carbons (Fsp3) is 0.529. The van der Waals surface area contributed by atoms with Crippen LogP contribution in [0.2, 0.25) is 0 Å². The highest BCUT2D eigenvalue weighted by atomic mass is 32.2. The van der Waals surface area contributed by atoms with E-state index in [4.69, 9.17) is 0 Å². The summed E-state index contributed by atoms with van der Waals surface area (Å²) in [5.41, 5.74) is -1.01. The van der Waals surface area contributed by atoms with E-state index >= 15 is 0 Å². The van der Waals surface area contributed by atoms with Gasteiger partial charge in [0.05, 0.1) is 16.6 Å². The zero-order chi connectivity index (χ0) is 20.7. The lowest BCUT2D eigenvalue weighted by atomic mass is 9.98. The van der Waals surface area contributed by atoms with E-state index in [-0.39, 0.29) is 42.2 Å². The molecule has 0 aliphatic carbocycles. The summed E-state index contributed by atoms with van der Waals surface area (Å²) in [4.78, 5) is 34.7. The number of amides is 1. The number of carbonyl (C=O) groups excluding carboxylic acids is 2. The van der Waals surface area contributed by atoms with Crippen molar-refractivity contribution in [2.45, 2.75) is 38.4 Å². The summed E-state index contributed by atoms with van der Waals surface area (Å²) in [6, 6.07) is 4.13. The Balaban J connectivity index is 1.70. The van der Waals surface area contributed by atoms with Gasteiger partial charge in [0.15, 0.2) is 0 Å². The monoisotopic (exact) mass is 410 g/mol. The zero-order valence-electron chi connectivity index (χ0n) is 15.5. The molecule has 28 heavy (non-hydrogen) atoms. The number of nitro benzene ring substituents is 1. The van der Waals surface area contributed by atoms with Gasteiger partial charge in [-0.05, 0) is 30.9 Å². The van der Waals surface area contributed by atoms with Crippen molar-refractivity contribution >= 4 is 26.7 Å². The maximum Gasteiger partial charge on any atom is 0.291 e. The van der Waals surface area contributed by atoms with Gasteiger partial charge in [0, 0.05) is 30.8 Å². The number of hydrogen-bond donors (Lipinski definition) is 2. The fourth-order valence-corrected chi connectivity index (χ4v) is 4.88. The van der Waals surface area contributed by atoms with Crippen molar-refractivity contribution in [3.8, 4) is 0 Å². The number of sulfonamides is 1. The number of nitrogens with zero attached hydrogens (tertiary/aromatic N) is 2. The molecular weight excluding hydrogens is 388 g/mol. The van der Waals surface area contributed by atoms with E-state index in [2.05, 4.69) is 10.6 Å². The van der Waals surface area contributed by atoms with Crippen LogP contribution >= 0.6 is 0 Å². The highest BCUT2D eigenvalue weighted by Crippen LogP contribution is 2.28. The molecule has 2 aliphatic heterocycles. The molecule has 1 amide bonds. The quantitative estimate of drug-likeness (QED) is 0.547. The topological polar surface area (TPSA) is 139 Å². The van der Waals surface area contributed by atoms with Gasteiger partial charge in [0.2, 0.25) is 5.91 Å². The third-order valence-corrected chi connectivity index (χ3v) is 6.96. The summed E-state index contributed by atoms with van der Waals surface area (Å²) in [7, 11) is -4.25. The molecule has 3 rings (SSSR count). The van der Waals surface area contributed by atoms with Gasteiger partial charge in [-0.25, -0.2) is 8.42 Å². The van der Waals surface area contributed by atoms with Crippen molar-refractivity contribution in [1.29, 1.82) is 0 Å². The number of nitrogens with one attached hydrogen (secondary N) is 2. The normalized spacial score (nSPS) is 22.4. The summed E-state index contributed by atoms with van der Waals surface area (Å²) in [6.07, 6.45) is 0.684. The van der Waals surface area contributed by atoms with E-state index in [1.54, 1.807) is 0 Å². The van der Waals surface area contributed by atoms with Crippen LogP contribution in [0.5, 0.6) is 0 Å². The zero-order valence-corrected chi connectivity index (χ0v) is 16.4. The Bertz CT molecular complexity index is 904. The van der Waals surface area contributed by atoms with Crippen LogP contribution in [0.3, 0.4) is 0 Å². The van der Waals surface area contributed by atoms with Crippen LogP contribution in [0, 0.1) is 16.0 Å². The first-order chi connectivity index (χ1) is 13.1. The molecule has 2 N–H and O–H groups in total. The number of hydrogen-bond acceptors (Lipinski definition) is 7. The first kappa shape index (κ1) is 20.4. The molecule has 1 spiro atoms. The minimum Gasteiger partial charge on any atom is -0.337 e. The van der Waals surface area contributed by atoms with Crippen molar-refractivity contribution in [1.82, 2.24) is 14.9 Å². The van der Waals surface area contributed by atoms with Gasteiger partial charge >= 0.3 is 0 Å². The summed E-state index contributed by atoms with van der Waals surface area (Å²) >= 11 is 0. The molecule has 1 atom stereocenters. The Morgan fingerprint density at radius 1 is 1.25 bits per heavy atom. The molecule has 1 aromatic rings. The smallest absolute Gasteiger partial charge is 0.291 e. The number of non-ortho nitro benzene ring substituents is 1. The van der Waals surface area contributed by atoms with Crippen LogP contribution in [0.1, 0.15) is 37.0 Å². The van der Waals surface area contributed by atoms with Crippen molar-refractivity contribution in [3.63, 3.8) is 0 Å². The number of piperidine rings is 1. The minimum atomic E-state index is -4.25. The van der Waals surface area contributed by atoms with Crippen molar-refractivity contribution in [2.75, 3.05) is 13.1 Å². The van der Waals surface area contributed by atoms with Gasteiger partial charge < -0.3 is 5.32 Å². The van der Waals surface area contributed by atoms with Crippen LogP contribution in [-0.2, 0) is 14.8 Å². The van der Waals surface area contributed by atoms with Crippen molar-refractivity contribution in [3.05, 3.63) is 39.9 Å². The Kier molecular flexibility index (Phi) is 5.26. The Labute approximate surface area is 162 Å². The van der Waals surface area contributed by atoms with Gasteiger partial charge in [-0.15, -0.1) is 0 Å². The molecule has 1 unspecified atom stereocenters. The second-order valence-electron chi connectivity index (χ2n) is 7.43. The maximum atomic E-state index is 12.7. The van der Waals surface area contributed by atoms with E-state index in [1.807, 2.05) is 13.8 Å².